The lowest BCUT2D eigenvalue weighted by Crippen LogP contribution is -2.09. The zero-order chi connectivity index (χ0) is 32.3. The summed E-state index contributed by atoms with van der Waals surface area (Å²) < 4.78 is 8.99. The van der Waals surface area contributed by atoms with Crippen molar-refractivity contribution in [1.29, 1.82) is 0 Å². The average Bonchev–Trinajstić information content (AvgIpc) is 3.74. The van der Waals surface area contributed by atoms with Gasteiger partial charge in [-0.1, -0.05) is 115 Å². The summed E-state index contributed by atoms with van der Waals surface area (Å²) in [6.07, 6.45) is 0. The maximum Gasteiger partial charge on any atom is 0.143 e. The molecule has 0 saturated heterocycles. The molecule has 8 aromatic carbocycles. The summed E-state index contributed by atoms with van der Waals surface area (Å²) >= 11 is 1.85. The molecule has 10 aromatic rings. The van der Waals surface area contributed by atoms with Crippen LogP contribution in [0.25, 0.3) is 75.1 Å². The van der Waals surface area contributed by atoms with Gasteiger partial charge in [-0.3, -0.25) is 0 Å². The summed E-state index contributed by atoms with van der Waals surface area (Å²) in [4.78, 5) is 2.36. The number of hydrogen-bond acceptors (Lipinski definition) is 3. The number of furan rings is 1. The number of benzene rings is 8. The van der Waals surface area contributed by atoms with E-state index in [1.54, 1.807) is 0 Å². The topological polar surface area (TPSA) is 16.4 Å². The molecule has 0 radical (unpaired) electrons. The Labute approximate surface area is 287 Å². The van der Waals surface area contributed by atoms with Gasteiger partial charge in [0.25, 0.3) is 0 Å². The minimum Gasteiger partial charge on any atom is -0.455 e. The van der Waals surface area contributed by atoms with Gasteiger partial charge in [0.1, 0.15) is 11.2 Å². The Morgan fingerprint density at radius 1 is 0.388 bits per heavy atom. The van der Waals surface area contributed by atoms with Gasteiger partial charge in [0.05, 0.1) is 0 Å². The van der Waals surface area contributed by atoms with E-state index in [1.807, 2.05) is 23.5 Å². The van der Waals surface area contributed by atoms with E-state index in [0.29, 0.717) is 0 Å². The Kier molecular flexibility index (Phi) is 6.39. The van der Waals surface area contributed by atoms with Crippen molar-refractivity contribution in [1.82, 2.24) is 0 Å². The quantitative estimate of drug-likeness (QED) is 0.186. The number of para-hydroxylation sites is 2. The lowest BCUT2D eigenvalue weighted by Gasteiger charge is -2.26. The SMILES string of the molecule is c1ccc2cc(-c3ccc(N(c4ccc(-c5cccc6c5oc5ccccc56)cc4)c4ccc5sc6ccccc6c5c4)cc3)ccc2c1. The van der Waals surface area contributed by atoms with Crippen molar-refractivity contribution in [2.24, 2.45) is 0 Å². The fourth-order valence-electron chi connectivity index (χ4n) is 7.24. The summed E-state index contributed by atoms with van der Waals surface area (Å²) in [7, 11) is 0. The smallest absolute Gasteiger partial charge is 0.143 e. The zero-order valence-electron chi connectivity index (χ0n) is 26.5. The number of nitrogens with zero attached hydrogens (tertiary/aromatic N) is 1. The molecule has 0 aliphatic heterocycles. The number of fused-ring (bicyclic) bond motifs is 7. The van der Waals surface area contributed by atoms with E-state index in [2.05, 4.69) is 169 Å². The molecule has 0 atom stereocenters. The van der Waals surface area contributed by atoms with Gasteiger partial charge in [0.15, 0.2) is 0 Å². The summed E-state index contributed by atoms with van der Waals surface area (Å²) in [5.41, 5.74) is 9.80. The molecule has 0 N–H and O–H groups in total. The molecule has 10 rings (SSSR count). The molecular weight excluding hydrogens is 615 g/mol. The molecule has 0 aliphatic carbocycles. The van der Waals surface area contributed by atoms with Gasteiger partial charge < -0.3 is 9.32 Å². The van der Waals surface area contributed by atoms with E-state index in [-0.39, 0.29) is 0 Å². The van der Waals surface area contributed by atoms with Crippen molar-refractivity contribution in [3.8, 4) is 22.3 Å². The van der Waals surface area contributed by atoms with Crippen LogP contribution in [-0.2, 0) is 0 Å². The highest BCUT2D eigenvalue weighted by Crippen LogP contribution is 2.42. The molecule has 0 aliphatic rings. The van der Waals surface area contributed by atoms with Crippen LogP contribution in [0, 0.1) is 0 Å². The molecule has 2 aromatic heterocycles. The Bertz CT molecular complexity index is 2820. The molecule has 3 heteroatoms. The van der Waals surface area contributed by atoms with Gasteiger partial charge in [-0.2, -0.15) is 0 Å². The Morgan fingerprint density at radius 2 is 1.02 bits per heavy atom. The molecule has 0 fully saturated rings. The van der Waals surface area contributed by atoms with E-state index in [0.717, 1.165) is 50.1 Å². The molecule has 0 spiro atoms. The Balaban J connectivity index is 1.09. The van der Waals surface area contributed by atoms with E-state index in [4.69, 9.17) is 4.42 Å². The van der Waals surface area contributed by atoms with Crippen molar-refractivity contribution in [3.05, 3.63) is 176 Å². The van der Waals surface area contributed by atoms with Crippen LogP contribution in [0.3, 0.4) is 0 Å². The van der Waals surface area contributed by atoms with Crippen LogP contribution in [0.5, 0.6) is 0 Å². The van der Waals surface area contributed by atoms with Gasteiger partial charge in [-0.25, -0.2) is 0 Å². The van der Waals surface area contributed by atoms with Crippen LogP contribution in [0.2, 0.25) is 0 Å². The Hall–Kier alpha value is -6.16. The molecule has 230 valence electrons. The summed E-state index contributed by atoms with van der Waals surface area (Å²) in [6, 6.07) is 63.3. The predicted molar refractivity (Wildman–Crippen MR) is 210 cm³/mol. The number of thiophene rings is 1. The van der Waals surface area contributed by atoms with E-state index in [9.17, 15) is 0 Å². The van der Waals surface area contributed by atoms with E-state index >= 15 is 0 Å². The first kappa shape index (κ1) is 27.9. The van der Waals surface area contributed by atoms with Crippen molar-refractivity contribution in [2.45, 2.75) is 0 Å². The highest BCUT2D eigenvalue weighted by Gasteiger charge is 2.17. The normalized spacial score (nSPS) is 11.7. The zero-order valence-corrected chi connectivity index (χ0v) is 27.3. The molecule has 2 nitrogen and oxygen atoms in total. The second kappa shape index (κ2) is 11.2. The van der Waals surface area contributed by atoms with Crippen molar-refractivity contribution >= 4 is 81.3 Å². The first-order valence-corrected chi connectivity index (χ1v) is 17.4. The van der Waals surface area contributed by atoms with Gasteiger partial charge in [0, 0.05) is 53.6 Å². The fourth-order valence-corrected chi connectivity index (χ4v) is 8.32. The van der Waals surface area contributed by atoms with Gasteiger partial charge in [0.2, 0.25) is 0 Å². The van der Waals surface area contributed by atoms with E-state index in [1.165, 1.54) is 42.1 Å². The van der Waals surface area contributed by atoms with Crippen LogP contribution < -0.4 is 4.90 Å². The first-order valence-electron chi connectivity index (χ1n) is 16.6. The third-order valence-corrected chi connectivity index (χ3v) is 10.8. The van der Waals surface area contributed by atoms with Crippen LogP contribution in [0.4, 0.5) is 17.1 Å². The summed E-state index contributed by atoms with van der Waals surface area (Å²) in [6.45, 7) is 0. The fraction of sp³-hybridized carbons (Fsp3) is 0. The molecule has 0 amide bonds. The summed E-state index contributed by atoms with van der Waals surface area (Å²) in [5, 5.41) is 7.37. The van der Waals surface area contributed by atoms with Crippen LogP contribution in [0.1, 0.15) is 0 Å². The van der Waals surface area contributed by atoms with Crippen LogP contribution >= 0.6 is 11.3 Å². The summed E-state index contributed by atoms with van der Waals surface area (Å²) in [5.74, 6) is 0. The number of hydrogen-bond donors (Lipinski definition) is 0. The number of anilines is 3. The van der Waals surface area contributed by atoms with Crippen molar-refractivity contribution in [2.75, 3.05) is 4.90 Å². The van der Waals surface area contributed by atoms with Crippen LogP contribution in [-0.4, -0.2) is 0 Å². The average molecular weight is 644 g/mol. The Morgan fingerprint density at radius 3 is 1.86 bits per heavy atom. The lowest BCUT2D eigenvalue weighted by molar-refractivity contribution is 0.670. The lowest BCUT2D eigenvalue weighted by atomic mass is 10.0. The molecule has 0 saturated carbocycles. The first-order chi connectivity index (χ1) is 24.3. The standard InChI is InChI=1S/C46H29NOS/c1-2-9-33-28-34(17-16-30(33)8-1)31-18-22-35(23-19-31)47(37-26-27-45-42(29-37)40-11-4-6-15-44(40)49-45)36-24-20-32(21-25-36)38-12-7-13-41-39-10-3-5-14-43(39)48-46(38)41/h1-29H. The van der Waals surface area contributed by atoms with Gasteiger partial charge in [-0.15, -0.1) is 11.3 Å². The minimum atomic E-state index is 0.913. The maximum atomic E-state index is 6.38. The second-order valence-corrected chi connectivity index (χ2v) is 13.6. The molecule has 0 unspecified atom stereocenters. The largest absolute Gasteiger partial charge is 0.455 e. The van der Waals surface area contributed by atoms with Gasteiger partial charge >= 0.3 is 0 Å². The van der Waals surface area contributed by atoms with E-state index < -0.39 is 0 Å². The van der Waals surface area contributed by atoms with Crippen molar-refractivity contribution in [3.63, 3.8) is 0 Å². The number of rotatable bonds is 5. The highest BCUT2D eigenvalue weighted by molar-refractivity contribution is 7.25. The van der Waals surface area contributed by atoms with Crippen LogP contribution in [0.15, 0.2) is 180 Å². The molecule has 0 bridgehead atoms. The molecule has 49 heavy (non-hydrogen) atoms. The second-order valence-electron chi connectivity index (χ2n) is 12.6. The monoisotopic (exact) mass is 643 g/mol. The molecule has 2 heterocycles. The minimum absolute atomic E-state index is 0.913. The van der Waals surface area contributed by atoms with Crippen molar-refractivity contribution < 1.29 is 4.42 Å². The third kappa shape index (κ3) is 4.70. The highest BCUT2D eigenvalue weighted by atomic mass is 32.1. The third-order valence-electron chi connectivity index (χ3n) is 9.67. The molecular formula is C46H29NOS. The maximum absolute atomic E-state index is 6.38. The predicted octanol–water partition coefficient (Wildman–Crippen LogP) is 13.9. The van der Waals surface area contributed by atoms with Gasteiger partial charge in [-0.05, 0) is 88.1 Å².